The van der Waals surface area contributed by atoms with Crippen molar-refractivity contribution in [2.24, 2.45) is 5.41 Å². The molecule has 2 rings (SSSR count). The molecular formula is C19H30O7. The molecule has 1 saturated heterocycles. The fourth-order valence-electron chi connectivity index (χ4n) is 3.43. The van der Waals surface area contributed by atoms with Gasteiger partial charge in [0.25, 0.3) is 0 Å². The van der Waals surface area contributed by atoms with Gasteiger partial charge in [-0.25, -0.2) is 0 Å². The van der Waals surface area contributed by atoms with Crippen LogP contribution in [0.25, 0.3) is 0 Å². The van der Waals surface area contributed by atoms with Gasteiger partial charge in [0, 0.05) is 6.42 Å². The minimum atomic E-state index is -1.47. The van der Waals surface area contributed by atoms with Crippen LogP contribution in [0, 0.1) is 5.41 Å². The first kappa shape index (κ1) is 21.2. The number of carbonyl (C=O) groups excluding carboxylic acids is 1. The van der Waals surface area contributed by atoms with Crippen LogP contribution in [-0.4, -0.2) is 69.6 Å². The lowest BCUT2D eigenvalue weighted by atomic mass is 9.72. The Morgan fingerprint density at radius 3 is 2.54 bits per heavy atom. The second-order valence-electron chi connectivity index (χ2n) is 7.74. The summed E-state index contributed by atoms with van der Waals surface area (Å²) >= 11 is 0. The summed E-state index contributed by atoms with van der Waals surface area (Å²) in [5, 5.41) is 38.9. The van der Waals surface area contributed by atoms with Crippen molar-refractivity contribution in [1.82, 2.24) is 0 Å². The monoisotopic (exact) mass is 370 g/mol. The number of hydrogen-bond donors (Lipinski definition) is 4. The van der Waals surface area contributed by atoms with Crippen LogP contribution in [0.3, 0.4) is 0 Å². The van der Waals surface area contributed by atoms with Crippen LogP contribution in [0.2, 0.25) is 0 Å². The van der Waals surface area contributed by atoms with E-state index in [1.54, 1.807) is 13.0 Å². The zero-order valence-corrected chi connectivity index (χ0v) is 15.8. The Morgan fingerprint density at radius 2 is 1.92 bits per heavy atom. The zero-order chi connectivity index (χ0) is 19.6. The highest BCUT2D eigenvalue weighted by atomic mass is 16.7. The van der Waals surface area contributed by atoms with Gasteiger partial charge in [0.15, 0.2) is 12.1 Å². The van der Waals surface area contributed by atoms with E-state index in [4.69, 9.17) is 9.47 Å². The highest BCUT2D eigenvalue weighted by molar-refractivity contribution is 5.97. The van der Waals surface area contributed by atoms with Crippen LogP contribution in [0.5, 0.6) is 0 Å². The van der Waals surface area contributed by atoms with Gasteiger partial charge in [0.2, 0.25) is 0 Å². The molecule has 26 heavy (non-hydrogen) atoms. The summed E-state index contributed by atoms with van der Waals surface area (Å²) in [4.78, 5) is 12.0. The molecule has 6 atom stereocenters. The number of carbonyl (C=O) groups is 1. The van der Waals surface area contributed by atoms with E-state index in [-0.39, 0.29) is 11.2 Å². The van der Waals surface area contributed by atoms with Gasteiger partial charge in [-0.3, -0.25) is 4.79 Å². The van der Waals surface area contributed by atoms with Gasteiger partial charge in [-0.05, 0) is 36.8 Å². The summed E-state index contributed by atoms with van der Waals surface area (Å²) < 4.78 is 11.0. The van der Waals surface area contributed by atoms with Crippen molar-refractivity contribution in [1.29, 1.82) is 0 Å². The summed E-state index contributed by atoms with van der Waals surface area (Å²) in [5.41, 5.74) is 1.59. The first-order chi connectivity index (χ1) is 12.1. The predicted octanol–water partition coefficient (Wildman–Crippen LogP) is 0.453. The Bertz CT molecular complexity index is 578. The maximum absolute atomic E-state index is 12.0. The molecule has 1 aliphatic heterocycles. The van der Waals surface area contributed by atoms with E-state index >= 15 is 0 Å². The van der Waals surface area contributed by atoms with Crippen molar-refractivity contribution < 1.29 is 34.7 Å². The Hall–Kier alpha value is -1.09. The van der Waals surface area contributed by atoms with Crippen LogP contribution in [0.15, 0.2) is 23.3 Å². The summed E-state index contributed by atoms with van der Waals surface area (Å²) in [7, 11) is 0. The predicted molar refractivity (Wildman–Crippen MR) is 94.2 cm³/mol. The average molecular weight is 370 g/mol. The topological polar surface area (TPSA) is 116 Å². The van der Waals surface area contributed by atoms with Crippen molar-refractivity contribution in [3.63, 3.8) is 0 Å². The lowest BCUT2D eigenvalue weighted by molar-refractivity contribution is -0.306. The first-order valence-corrected chi connectivity index (χ1v) is 8.97. The van der Waals surface area contributed by atoms with Crippen LogP contribution in [0.4, 0.5) is 0 Å². The number of aliphatic hydroxyl groups excluding tert-OH is 4. The SMILES string of the molecule is CC1=C(C=CC(C)OC2OC(CO)C(O)C(O)C2O)C(C)(C)CCC1=O. The van der Waals surface area contributed by atoms with Crippen LogP contribution >= 0.6 is 0 Å². The van der Waals surface area contributed by atoms with Crippen molar-refractivity contribution in [3.8, 4) is 0 Å². The number of rotatable bonds is 5. The smallest absolute Gasteiger partial charge is 0.187 e. The molecule has 1 aliphatic carbocycles. The molecule has 148 valence electrons. The van der Waals surface area contributed by atoms with Gasteiger partial charge < -0.3 is 29.9 Å². The molecule has 7 nitrogen and oxygen atoms in total. The van der Waals surface area contributed by atoms with Gasteiger partial charge in [-0.15, -0.1) is 0 Å². The lowest BCUT2D eigenvalue weighted by Gasteiger charge is -2.40. The van der Waals surface area contributed by atoms with E-state index in [0.717, 1.165) is 17.6 Å². The lowest BCUT2D eigenvalue weighted by Crippen LogP contribution is -2.59. The van der Waals surface area contributed by atoms with Crippen molar-refractivity contribution in [3.05, 3.63) is 23.3 Å². The maximum atomic E-state index is 12.0. The van der Waals surface area contributed by atoms with Gasteiger partial charge in [-0.1, -0.05) is 26.0 Å². The summed E-state index contributed by atoms with van der Waals surface area (Å²) in [6, 6.07) is 0. The molecule has 4 N–H and O–H groups in total. The van der Waals surface area contributed by atoms with Gasteiger partial charge in [-0.2, -0.15) is 0 Å². The van der Waals surface area contributed by atoms with E-state index < -0.39 is 43.4 Å². The summed E-state index contributed by atoms with van der Waals surface area (Å²) in [5.74, 6) is 0.145. The van der Waals surface area contributed by atoms with Gasteiger partial charge in [0.05, 0.1) is 12.7 Å². The second kappa shape index (κ2) is 8.29. The molecular weight excluding hydrogens is 340 g/mol. The fourth-order valence-corrected chi connectivity index (χ4v) is 3.43. The third-order valence-corrected chi connectivity index (χ3v) is 5.26. The Labute approximate surface area is 153 Å². The quantitative estimate of drug-likeness (QED) is 0.555. The highest BCUT2D eigenvalue weighted by Gasteiger charge is 2.44. The molecule has 0 aromatic carbocycles. The number of ether oxygens (including phenoxy) is 2. The summed E-state index contributed by atoms with van der Waals surface area (Å²) in [6.45, 7) is 7.24. The molecule has 1 heterocycles. The van der Waals surface area contributed by atoms with Crippen LogP contribution < -0.4 is 0 Å². The van der Waals surface area contributed by atoms with Crippen molar-refractivity contribution in [2.45, 2.75) is 77.3 Å². The van der Waals surface area contributed by atoms with E-state index in [2.05, 4.69) is 13.8 Å². The Morgan fingerprint density at radius 1 is 1.27 bits per heavy atom. The Kier molecular flexibility index (Phi) is 6.76. The Balaban J connectivity index is 2.08. The molecule has 0 radical (unpaired) electrons. The highest BCUT2D eigenvalue weighted by Crippen LogP contribution is 2.39. The minimum Gasteiger partial charge on any atom is -0.394 e. The normalized spacial score (nSPS) is 36.6. The van der Waals surface area contributed by atoms with E-state index in [1.165, 1.54) is 0 Å². The number of hydrogen-bond acceptors (Lipinski definition) is 7. The van der Waals surface area contributed by atoms with Gasteiger partial charge >= 0.3 is 0 Å². The standard InChI is InChI=1S/C19H30O7/c1-10(5-6-12-11(2)13(21)7-8-19(12,3)4)25-18-17(24)16(23)15(22)14(9-20)26-18/h5-6,10,14-18,20,22-24H,7-9H2,1-4H3. The summed E-state index contributed by atoms with van der Waals surface area (Å²) in [6.07, 6.45) is -2.03. The van der Waals surface area contributed by atoms with Crippen molar-refractivity contribution >= 4 is 5.78 Å². The molecule has 0 bridgehead atoms. The molecule has 0 saturated carbocycles. The molecule has 0 aromatic rings. The number of ketones is 1. The fraction of sp³-hybridized carbons (Fsp3) is 0.737. The molecule has 2 aliphatic rings. The molecule has 0 spiro atoms. The van der Waals surface area contributed by atoms with E-state index in [1.807, 2.05) is 13.0 Å². The number of Topliss-reactive ketones (excluding diaryl/α,β-unsaturated/α-hetero) is 1. The second-order valence-corrected chi connectivity index (χ2v) is 7.74. The van der Waals surface area contributed by atoms with Crippen LogP contribution in [-0.2, 0) is 14.3 Å². The number of aliphatic hydroxyl groups is 4. The minimum absolute atomic E-state index is 0.114. The molecule has 1 fully saturated rings. The van der Waals surface area contributed by atoms with Gasteiger partial charge in [0.1, 0.15) is 24.4 Å². The number of allylic oxidation sites excluding steroid dienone is 3. The first-order valence-electron chi connectivity index (χ1n) is 8.97. The van der Waals surface area contributed by atoms with E-state index in [0.29, 0.717) is 6.42 Å². The average Bonchev–Trinajstić information content (AvgIpc) is 2.58. The molecule has 0 amide bonds. The van der Waals surface area contributed by atoms with Crippen LogP contribution in [0.1, 0.15) is 40.5 Å². The third kappa shape index (κ3) is 4.42. The molecule has 0 aromatic heterocycles. The third-order valence-electron chi connectivity index (χ3n) is 5.26. The largest absolute Gasteiger partial charge is 0.394 e. The van der Waals surface area contributed by atoms with Crippen molar-refractivity contribution in [2.75, 3.05) is 6.61 Å². The molecule has 6 unspecified atom stereocenters. The molecule has 7 heteroatoms. The zero-order valence-electron chi connectivity index (χ0n) is 15.8. The van der Waals surface area contributed by atoms with E-state index in [9.17, 15) is 25.2 Å². The maximum Gasteiger partial charge on any atom is 0.187 e.